The van der Waals surface area contributed by atoms with Gasteiger partial charge in [-0.2, -0.15) is 5.10 Å². The second kappa shape index (κ2) is 10.6. The van der Waals surface area contributed by atoms with Crippen molar-refractivity contribution in [3.05, 3.63) is 59.2 Å². The molecule has 144 valence electrons. The third kappa shape index (κ3) is 6.32. The monoisotopic (exact) mass is 386 g/mol. The van der Waals surface area contributed by atoms with Gasteiger partial charge in [-0.3, -0.25) is 4.79 Å². The number of nitrogens with one attached hydrogen (secondary N) is 1. The number of amides is 1. The minimum Gasteiger partial charge on any atom is -0.493 e. The first-order valence-corrected chi connectivity index (χ1v) is 9.94. The summed E-state index contributed by atoms with van der Waals surface area (Å²) in [5.41, 5.74) is 6.77. The van der Waals surface area contributed by atoms with Crippen molar-refractivity contribution in [3.8, 4) is 11.5 Å². The molecule has 0 aliphatic heterocycles. The van der Waals surface area contributed by atoms with E-state index in [-0.39, 0.29) is 5.91 Å². The van der Waals surface area contributed by atoms with Crippen molar-refractivity contribution < 1.29 is 14.3 Å². The zero-order valence-corrected chi connectivity index (χ0v) is 17.1. The van der Waals surface area contributed by atoms with Gasteiger partial charge in [0.1, 0.15) is 0 Å². The summed E-state index contributed by atoms with van der Waals surface area (Å²) in [5.74, 6) is 2.34. The van der Waals surface area contributed by atoms with Crippen molar-refractivity contribution >= 4 is 23.4 Å². The van der Waals surface area contributed by atoms with Crippen LogP contribution in [-0.4, -0.2) is 31.6 Å². The van der Waals surface area contributed by atoms with E-state index in [1.54, 1.807) is 26.0 Å². The Bertz CT molecular complexity index is 789. The molecule has 1 N–H and O–H groups in total. The topological polar surface area (TPSA) is 59.9 Å². The van der Waals surface area contributed by atoms with Crippen LogP contribution in [0.5, 0.6) is 11.5 Å². The second-order valence-corrected chi connectivity index (χ2v) is 6.98. The Morgan fingerprint density at radius 3 is 2.41 bits per heavy atom. The van der Waals surface area contributed by atoms with E-state index < -0.39 is 0 Å². The largest absolute Gasteiger partial charge is 0.493 e. The van der Waals surface area contributed by atoms with E-state index in [4.69, 9.17) is 9.47 Å². The molecule has 2 rings (SSSR count). The van der Waals surface area contributed by atoms with Gasteiger partial charge in [0.15, 0.2) is 11.5 Å². The van der Waals surface area contributed by atoms with E-state index in [2.05, 4.69) is 41.7 Å². The normalized spacial score (nSPS) is 11.2. The number of ether oxygens (including phenoxy) is 2. The molecule has 5 nitrogen and oxygen atoms in total. The zero-order valence-electron chi connectivity index (χ0n) is 16.2. The second-order valence-electron chi connectivity index (χ2n) is 6.00. The van der Waals surface area contributed by atoms with Crippen molar-refractivity contribution in [2.75, 3.05) is 20.0 Å². The predicted molar refractivity (Wildman–Crippen MR) is 112 cm³/mol. The van der Waals surface area contributed by atoms with Crippen LogP contribution < -0.4 is 14.9 Å². The first-order valence-electron chi connectivity index (χ1n) is 8.78. The molecule has 0 atom stereocenters. The van der Waals surface area contributed by atoms with Crippen LogP contribution in [0.25, 0.3) is 0 Å². The van der Waals surface area contributed by atoms with Crippen LogP contribution >= 0.6 is 11.8 Å². The molecule has 6 heteroatoms. The van der Waals surface area contributed by atoms with Crippen LogP contribution in [0.1, 0.15) is 30.0 Å². The van der Waals surface area contributed by atoms with Crippen molar-refractivity contribution in [3.63, 3.8) is 0 Å². The Hall–Kier alpha value is -2.47. The molecular formula is C21H26N2O3S. The van der Waals surface area contributed by atoms with E-state index in [0.717, 1.165) is 17.0 Å². The molecule has 0 unspecified atom stereocenters. The number of nitrogens with zero attached hydrogens (tertiary/aromatic N) is 1. The fraction of sp³-hybridized carbons (Fsp3) is 0.333. The van der Waals surface area contributed by atoms with E-state index in [1.165, 1.54) is 11.1 Å². The van der Waals surface area contributed by atoms with Crippen molar-refractivity contribution in [2.45, 2.75) is 26.0 Å². The van der Waals surface area contributed by atoms with Crippen LogP contribution in [0.2, 0.25) is 0 Å². The van der Waals surface area contributed by atoms with Crippen LogP contribution in [-0.2, 0) is 10.5 Å². The minimum absolute atomic E-state index is 0.112. The summed E-state index contributed by atoms with van der Waals surface area (Å²) in [6.45, 7) is 4.06. The van der Waals surface area contributed by atoms with Gasteiger partial charge >= 0.3 is 0 Å². The molecule has 0 aromatic heterocycles. The van der Waals surface area contributed by atoms with Gasteiger partial charge in [0.2, 0.25) is 5.91 Å². The Morgan fingerprint density at radius 2 is 1.78 bits per heavy atom. The van der Waals surface area contributed by atoms with Gasteiger partial charge in [0.25, 0.3) is 0 Å². The molecular weight excluding hydrogens is 360 g/mol. The van der Waals surface area contributed by atoms with Crippen molar-refractivity contribution in [1.29, 1.82) is 0 Å². The molecule has 0 aliphatic rings. The number of hydrogen-bond donors (Lipinski definition) is 1. The molecule has 0 bridgehead atoms. The summed E-state index contributed by atoms with van der Waals surface area (Å²) in [6.07, 6.45) is 0.687. The SMILES string of the molecule is CC/C(=N/NC(=O)CSCc1ccc(C)cc1)c1ccc(OC)c(OC)c1. The van der Waals surface area contributed by atoms with Gasteiger partial charge in [-0.25, -0.2) is 5.43 Å². The number of aryl methyl sites for hydroxylation is 1. The molecule has 0 saturated carbocycles. The first-order chi connectivity index (χ1) is 13.1. The number of hydrazone groups is 1. The third-order valence-electron chi connectivity index (χ3n) is 3.99. The van der Waals surface area contributed by atoms with Gasteiger partial charge in [-0.1, -0.05) is 36.8 Å². The number of methoxy groups -OCH3 is 2. The highest BCUT2D eigenvalue weighted by molar-refractivity contribution is 7.99. The molecule has 0 fully saturated rings. The fourth-order valence-electron chi connectivity index (χ4n) is 2.47. The molecule has 0 radical (unpaired) electrons. The molecule has 27 heavy (non-hydrogen) atoms. The first kappa shape index (κ1) is 20.8. The Labute approximate surface area is 165 Å². The zero-order chi connectivity index (χ0) is 19.6. The van der Waals surface area contributed by atoms with Crippen LogP contribution in [0, 0.1) is 6.92 Å². The number of thioether (sulfide) groups is 1. The highest BCUT2D eigenvalue weighted by Gasteiger charge is 2.09. The van der Waals surface area contributed by atoms with Gasteiger partial charge in [-0.15, -0.1) is 11.8 Å². The molecule has 2 aromatic carbocycles. The maximum atomic E-state index is 12.1. The van der Waals surface area contributed by atoms with Crippen LogP contribution in [0.4, 0.5) is 0 Å². The summed E-state index contributed by atoms with van der Waals surface area (Å²) in [6, 6.07) is 13.9. The minimum atomic E-state index is -0.112. The molecule has 1 amide bonds. The summed E-state index contributed by atoms with van der Waals surface area (Å²) in [5, 5.41) is 4.29. The summed E-state index contributed by atoms with van der Waals surface area (Å²) >= 11 is 1.57. The van der Waals surface area contributed by atoms with E-state index in [9.17, 15) is 4.79 Å². The van der Waals surface area contributed by atoms with Crippen molar-refractivity contribution in [1.82, 2.24) is 5.43 Å². The van der Waals surface area contributed by atoms with Gasteiger partial charge in [0.05, 0.1) is 25.7 Å². The maximum absolute atomic E-state index is 12.1. The van der Waals surface area contributed by atoms with E-state index in [0.29, 0.717) is 23.7 Å². The highest BCUT2D eigenvalue weighted by atomic mass is 32.2. The van der Waals surface area contributed by atoms with Gasteiger partial charge in [0, 0.05) is 11.3 Å². The lowest BCUT2D eigenvalue weighted by molar-refractivity contribution is -0.118. The number of rotatable bonds is 9. The fourth-order valence-corrected chi connectivity index (χ4v) is 3.25. The quantitative estimate of drug-likeness (QED) is 0.519. The summed E-state index contributed by atoms with van der Waals surface area (Å²) < 4.78 is 10.6. The van der Waals surface area contributed by atoms with Gasteiger partial charge < -0.3 is 9.47 Å². The lowest BCUT2D eigenvalue weighted by Gasteiger charge is -2.10. The van der Waals surface area contributed by atoms with E-state index in [1.807, 2.05) is 25.1 Å². The average molecular weight is 387 g/mol. The van der Waals surface area contributed by atoms with E-state index >= 15 is 0 Å². The van der Waals surface area contributed by atoms with Crippen LogP contribution in [0.3, 0.4) is 0 Å². The Morgan fingerprint density at radius 1 is 1.07 bits per heavy atom. The smallest absolute Gasteiger partial charge is 0.250 e. The number of hydrogen-bond acceptors (Lipinski definition) is 5. The average Bonchev–Trinajstić information content (AvgIpc) is 2.69. The Balaban J connectivity index is 1.91. The molecule has 0 saturated heterocycles. The molecule has 0 heterocycles. The molecule has 2 aromatic rings. The number of benzene rings is 2. The van der Waals surface area contributed by atoms with Crippen LogP contribution in [0.15, 0.2) is 47.6 Å². The maximum Gasteiger partial charge on any atom is 0.250 e. The third-order valence-corrected chi connectivity index (χ3v) is 4.99. The highest BCUT2D eigenvalue weighted by Crippen LogP contribution is 2.28. The number of carbonyl (C=O) groups is 1. The van der Waals surface area contributed by atoms with Crippen molar-refractivity contribution in [2.24, 2.45) is 5.10 Å². The molecule has 0 aliphatic carbocycles. The predicted octanol–water partition coefficient (Wildman–Crippen LogP) is 4.18. The summed E-state index contributed by atoms with van der Waals surface area (Å²) in [7, 11) is 3.19. The lowest BCUT2D eigenvalue weighted by atomic mass is 10.1. The lowest BCUT2D eigenvalue weighted by Crippen LogP contribution is -2.21. The molecule has 0 spiro atoms. The summed E-state index contributed by atoms with van der Waals surface area (Å²) in [4.78, 5) is 12.1. The van der Waals surface area contributed by atoms with Gasteiger partial charge in [-0.05, 0) is 37.1 Å². The Kier molecular flexibility index (Phi) is 8.20. The number of carbonyl (C=O) groups excluding carboxylic acids is 1. The standard InChI is InChI=1S/C21H26N2O3S/c1-5-18(17-10-11-19(25-3)20(12-17)26-4)22-23-21(24)14-27-13-16-8-6-15(2)7-9-16/h6-12H,5,13-14H2,1-4H3,(H,23,24)/b22-18-.